The van der Waals surface area contributed by atoms with Crippen molar-refractivity contribution in [3.8, 4) is 6.07 Å². The van der Waals surface area contributed by atoms with Gasteiger partial charge in [-0.1, -0.05) is 69.3 Å². The number of carboxylic acid groups (broad SMARTS) is 1. The molecule has 3 fully saturated rings. The third-order valence-corrected chi connectivity index (χ3v) is 17.0. The first kappa shape index (κ1) is 90.8. The molecule has 8 aromatic rings. The normalized spacial score (nSPS) is 13.1. The Bertz CT molecular complexity index is 3730. The summed E-state index contributed by atoms with van der Waals surface area (Å²) in [7, 11) is 3.15. The molecule has 8 aromatic heterocycles. The minimum atomic E-state index is -0.996. The quantitative estimate of drug-likeness (QED) is 0.0619. The van der Waals surface area contributed by atoms with Gasteiger partial charge >= 0.3 is 5.97 Å². The molecule has 0 saturated carbocycles. The van der Waals surface area contributed by atoms with Crippen LogP contribution in [0.3, 0.4) is 0 Å². The van der Waals surface area contributed by atoms with Crippen molar-refractivity contribution in [3.63, 3.8) is 0 Å². The Balaban J connectivity index is 0.000000394. The Morgan fingerprint density at radius 3 is 1.37 bits per heavy atom. The molecule has 0 aromatic carbocycles. The molecular weight excluding hydrogens is 2020 g/mol. The number of aliphatic hydroxyl groups excluding tert-OH is 1. The number of piperazine rings is 3. The van der Waals surface area contributed by atoms with Crippen LogP contribution in [-0.4, -0.2) is 175 Å². The maximum absolute atomic E-state index is 11.2. The molecule has 2 amide bonds. The van der Waals surface area contributed by atoms with E-state index in [1.807, 2.05) is 33.0 Å². The van der Waals surface area contributed by atoms with Crippen LogP contribution in [0.2, 0.25) is 25.8 Å². The number of aromatic carboxylic acids is 1. The van der Waals surface area contributed by atoms with Gasteiger partial charge in [-0.15, -0.1) is 39.3 Å². The standard InChI is InChI=1S/C15H17N6S.C11H15ClN3.C11H17N4.C8H9ClN2O.C7H7ClN2O.C7H8ClNO.C6H4ClNO2.3Ac/c1-11-12(10-21-6-4-17-5-7-21)2-3-18-14(11)20-15-19-9-13(8-16)22-15;2*1-9-10(2-3-14-11(9)12)8-15-6-4-13-5-7-15;1-5-6(8(12)10-2)3-4-11-7(5)9;1-9-7(11)5-2-3-10-6(8)4-5;1-5-6(4-10)2-3-9-7(5)8;7-5-3-4(6(9)10)1-2-8-5;;;/h2-3,9H,4-7,10H2,1H3,(H,18,19,20);2-3H,4-8H2,1H3;2-3H,4-8H2,1H3,(H2,12,14);3-4H,1-2H3,(H,10,12);2-4H,1H3,(H,9,11);2-3,10H,4H2,1H3;1-3H,(H,9,10);;;/q3*-1;;;;;;;. The maximum Gasteiger partial charge on any atom is 0.335 e. The Morgan fingerprint density at radius 2 is 0.939 bits per heavy atom. The van der Waals surface area contributed by atoms with E-state index in [1.54, 1.807) is 64.0 Å². The van der Waals surface area contributed by atoms with Crippen LogP contribution in [-0.2, 0) is 26.2 Å². The van der Waals surface area contributed by atoms with Gasteiger partial charge in [0.25, 0.3) is 11.8 Å². The fourth-order valence-electron chi connectivity index (χ4n) is 8.81. The molecule has 33 heteroatoms. The summed E-state index contributed by atoms with van der Waals surface area (Å²) >= 11 is 29.7. The van der Waals surface area contributed by atoms with E-state index in [2.05, 4.69) is 112 Å². The van der Waals surface area contributed by atoms with E-state index < -0.39 is 5.97 Å². The Hall–Kier alpha value is -3.33. The van der Waals surface area contributed by atoms with Crippen molar-refractivity contribution in [2.45, 2.75) is 60.9 Å². The van der Waals surface area contributed by atoms with Crippen molar-refractivity contribution in [2.75, 3.05) is 104 Å². The molecule has 11 heterocycles. The third kappa shape index (κ3) is 32.1. The largest absolute Gasteiger partial charge is 0.660 e. The van der Waals surface area contributed by atoms with Crippen molar-refractivity contribution < 1.29 is 157 Å². The second-order valence-corrected chi connectivity index (χ2v) is 23.8. The number of hydrogen-bond donors (Lipinski definition) is 6. The zero-order valence-corrected chi connectivity index (χ0v) is 74.4. The zero-order valence-electron chi connectivity index (χ0n) is 55.6. The smallest absolute Gasteiger partial charge is 0.335 e. The number of rotatable bonds is 12. The third-order valence-electron chi connectivity index (χ3n) is 14.6. The number of carbonyl (C=O) groups is 3. The Kier molecular flexibility index (Phi) is 46.4. The van der Waals surface area contributed by atoms with Gasteiger partial charge in [0.15, 0.2) is 5.13 Å². The summed E-state index contributed by atoms with van der Waals surface area (Å²) < 4.78 is 0. The van der Waals surface area contributed by atoms with E-state index in [9.17, 15) is 14.4 Å². The van der Waals surface area contributed by atoms with Gasteiger partial charge < -0.3 is 62.5 Å². The molecule has 11 rings (SSSR count). The zero-order chi connectivity index (χ0) is 69.2. The molecule has 7 N–H and O–H groups in total. The number of carbonyl (C=O) groups excluding carboxylic acids is 2. The molecular formula is C65H77Ac3Cl5N19O5S-3. The number of nitrogens with two attached hydrogens (primary N) is 1. The number of nitrogens with one attached hydrogen (secondary N) is 3. The molecule has 0 atom stereocenters. The Labute approximate surface area is 709 Å². The SMILES string of the molecule is CNC(=O)c1ccnc(Cl)c1.CNC(=O)c1ccnc(Cl)c1C.Cc1c(CN2CC[N-]CC2)ccnc1Cl.Cc1c(CN2CC[N-]CC2)ccnc1N.Cc1c(CN2CC[N-]CC2)ccnc1Nc1ncc(C#N)s1.Cc1c(CO)ccnc1Cl.O=C(O)c1ccnc(Cl)c1.[Ac].[Ac].[Ac]. The molecule has 3 saturated heterocycles. The van der Waals surface area contributed by atoms with Crippen LogP contribution in [0.25, 0.3) is 16.0 Å². The predicted molar refractivity (Wildman–Crippen MR) is 378 cm³/mol. The van der Waals surface area contributed by atoms with E-state index in [-0.39, 0.29) is 161 Å². The predicted octanol–water partition coefficient (Wildman–Crippen LogP) is 11.5. The molecule has 0 unspecified atom stereocenters. The van der Waals surface area contributed by atoms with Gasteiger partial charge in [-0.3, -0.25) is 9.59 Å². The molecule has 3 aliphatic heterocycles. The number of pyridine rings is 7. The number of amides is 2. The fraction of sp³-hybridized carbons (Fsp3) is 0.354. The number of aromatic nitrogens is 8. The van der Waals surface area contributed by atoms with E-state index in [4.69, 9.17) is 79.2 Å². The van der Waals surface area contributed by atoms with Crippen LogP contribution in [0.4, 0.5) is 16.8 Å². The van der Waals surface area contributed by atoms with Crippen LogP contribution in [0.15, 0.2) is 104 Å². The van der Waals surface area contributed by atoms with Gasteiger partial charge in [0, 0.05) is 220 Å². The summed E-state index contributed by atoms with van der Waals surface area (Å²) in [6.45, 7) is 24.5. The second kappa shape index (κ2) is 50.1. The minimum absolute atomic E-state index is 0. The molecule has 0 spiro atoms. The topological polar surface area (TPSA) is 333 Å². The summed E-state index contributed by atoms with van der Waals surface area (Å²) in [5, 5.41) is 50.0. The Morgan fingerprint density at radius 1 is 0.541 bits per heavy atom. The number of hydrogen-bond acceptors (Lipinski definition) is 19. The number of nitrogens with zero attached hydrogens (tertiary/aromatic N) is 15. The fourth-order valence-corrected chi connectivity index (χ4v) is 10.3. The number of thiazole rings is 1. The summed E-state index contributed by atoms with van der Waals surface area (Å²) in [4.78, 5) is 72.0. The average Bonchev–Trinajstić information content (AvgIpc) is 1.46. The van der Waals surface area contributed by atoms with Gasteiger partial charge in [0.1, 0.15) is 48.3 Å². The van der Waals surface area contributed by atoms with E-state index in [1.165, 1.54) is 64.8 Å². The summed E-state index contributed by atoms with van der Waals surface area (Å²) in [6.07, 6.45) is 12.9. The molecule has 3 radical (unpaired) electrons. The number of nitriles is 1. The van der Waals surface area contributed by atoms with Crippen molar-refractivity contribution in [1.29, 1.82) is 5.26 Å². The van der Waals surface area contributed by atoms with Gasteiger partial charge in [-0.05, 0) is 179 Å². The molecule has 3 aliphatic rings. The molecule has 98 heavy (non-hydrogen) atoms. The van der Waals surface area contributed by atoms with Gasteiger partial charge in [0.05, 0.1) is 18.4 Å². The summed E-state index contributed by atoms with van der Waals surface area (Å²) in [5.41, 5.74) is 16.6. The molecule has 515 valence electrons. The van der Waals surface area contributed by atoms with Crippen LogP contribution in [0.5, 0.6) is 0 Å². The number of nitrogen functional groups attached to an aromatic ring is 1. The molecule has 24 nitrogen and oxygen atoms in total. The van der Waals surface area contributed by atoms with Gasteiger partial charge in [-0.2, -0.15) is 5.26 Å². The molecule has 0 aliphatic carbocycles. The minimum Gasteiger partial charge on any atom is -0.660 e. The van der Waals surface area contributed by atoms with Crippen molar-refractivity contribution in [1.82, 2.24) is 65.2 Å². The van der Waals surface area contributed by atoms with Crippen LogP contribution >= 0.6 is 69.3 Å². The summed E-state index contributed by atoms with van der Waals surface area (Å²) in [6, 6.07) is 17.4. The monoisotopic (exact) mass is 2090 g/mol. The van der Waals surface area contributed by atoms with Crippen LogP contribution in [0, 0.1) is 178 Å². The van der Waals surface area contributed by atoms with E-state index in [0.717, 1.165) is 132 Å². The summed E-state index contributed by atoms with van der Waals surface area (Å²) in [5.74, 6) is 0.155. The van der Waals surface area contributed by atoms with E-state index >= 15 is 0 Å². The first-order valence-electron chi connectivity index (χ1n) is 29.8. The van der Waals surface area contributed by atoms with E-state index in [0.29, 0.717) is 53.1 Å². The average molecular weight is 2090 g/mol. The van der Waals surface area contributed by atoms with Gasteiger partial charge in [-0.25, -0.2) is 44.7 Å². The van der Waals surface area contributed by atoms with Crippen LogP contribution in [0.1, 0.15) is 86.0 Å². The number of aliphatic hydroxyl groups is 1. The number of halogens is 5. The van der Waals surface area contributed by atoms with Crippen molar-refractivity contribution >= 4 is 104 Å². The van der Waals surface area contributed by atoms with Crippen LogP contribution < -0.4 is 21.7 Å². The number of carboxylic acids is 1. The molecule has 0 bridgehead atoms. The van der Waals surface area contributed by atoms with Crippen molar-refractivity contribution in [2.24, 2.45) is 0 Å². The van der Waals surface area contributed by atoms with Gasteiger partial charge in [0.2, 0.25) is 0 Å². The maximum atomic E-state index is 11.2. The first-order valence-corrected chi connectivity index (χ1v) is 32.5. The first-order chi connectivity index (χ1) is 45.7. The second-order valence-electron chi connectivity index (χ2n) is 20.9. The number of anilines is 3. The van der Waals surface area contributed by atoms with Crippen molar-refractivity contribution in [3.05, 3.63) is 218 Å².